The van der Waals surface area contributed by atoms with Crippen molar-refractivity contribution in [2.45, 2.75) is 84.1 Å². The molecule has 0 aromatic rings. The molecule has 0 bridgehead atoms. The number of likely N-dealkylation sites (tertiary alicyclic amines) is 1. The summed E-state index contributed by atoms with van der Waals surface area (Å²) in [6.07, 6.45) is 0.956. The first-order chi connectivity index (χ1) is 18.6. The first-order valence-electron chi connectivity index (χ1n) is 13.5. The zero-order valence-electron chi connectivity index (χ0n) is 24.1. The van der Waals surface area contributed by atoms with Crippen LogP contribution in [0.4, 0.5) is 13.2 Å². The topological polar surface area (TPSA) is 128 Å². The molecular formula is C27H37ClF3N5O5. The van der Waals surface area contributed by atoms with Crippen LogP contribution in [0.5, 0.6) is 0 Å². The van der Waals surface area contributed by atoms with Crippen molar-refractivity contribution < 1.29 is 37.1 Å². The van der Waals surface area contributed by atoms with Gasteiger partial charge in [-0.3, -0.25) is 29.4 Å². The zero-order valence-corrected chi connectivity index (χ0v) is 24.9. The largest absolute Gasteiger partial charge is 0.344 e. The Morgan fingerprint density at radius 2 is 1.76 bits per heavy atom. The van der Waals surface area contributed by atoms with E-state index in [0.717, 1.165) is 0 Å². The summed E-state index contributed by atoms with van der Waals surface area (Å²) in [5, 5.41) is 5.78. The summed E-state index contributed by atoms with van der Waals surface area (Å²) in [5.41, 5.74) is -1.99. The molecule has 41 heavy (non-hydrogen) atoms. The van der Waals surface area contributed by atoms with Crippen LogP contribution in [0.2, 0.25) is 0 Å². The molecule has 0 aromatic carbocycles. The number of carbonyl (C=O) groups excluding carboxylic acids is 5. The van der Waals surface area contributed by atoms with E-state index in [2.05, 4.69) is 16.1 Å². The van der Waals surface area contributed by atoms with Gasteiger partial charge in [0.15, 0.2) is 0 Å². The number of hydrogen-bond acceptors (Lipinski definition) is 5. The van der Waals surface area contributed by atoms with Crippen molar-refractivity contribution in [2.75, 3.05) is 13.1 Å². The SMILES string of the molecule is CC1(C)C=C(CN(NC(=O)[C@@H]2[C@@H]3[C@H](CN2C(=O)[C@@H](NC(=O)[C@@H]2CC2(F)F)C(C)(C)C)C3(C)C)C(=O)[C@H](F)Cl)C(=O)N1. The van der Waals surface area contributed by atoms with E-state index in [0.29, 0.717) is 5.01 Å². The Hall–Kier alpha value is -2.83. The first-order valence-corrected chi connectivity index (χ1v) is 13.9. The molecule has 4 rings (SSSR count). The van der Waals surface area contributed by atoms with Gasteiger partial charge in [0.2, 0.25) is 17.7 Å². The van der Waals surface area contributed by atoms with E-state index >= 15 is 0 Å². The fourth-order valence-electron chi connectivity index (χ4n) is 6.06. The minimum atomic E-state index is -3.12. The maximum Gasteiger partial charge on any atom is 0.291 e. The average Bonchev–Trinajstić information content (AvgIpc) is 3.43. The van der Waals surface area contributed by atoms with Gasteiger partial charge >= 0.3 is 0 Å². The molecule has 5 amide bonds. The molecule has 0 spiro atoms. The summed E-state index contributed by atoms with van der Waals surface area (Å²) >= 11 is 5.41. The summed E-state index contributed by atoms with van der Waals surface area (Å²) < 4.78 is 41.0. The molecule has 0 unspecified atom stereocenters. The maximum atomic E-state index is 13.9. The number of hydrogen-bond donors (Lipinski definition) is 3. The summed E-state index contributed by atoms with van der Waals surface area (Å²) in [6, 6.07) is -2.33. The average molecular weight is 604 g/mol. The molecule has 4 aliphatic rings. The van der Waals surface area contributed by atoms with Crippen LogP contribution in [0.25, 0.3) is 0 Å². The van der Waals surface area contributed by atoms with Gasteiger partial charge in [-0.1, -0.05) is 46.2 Å². The molecule has 0 radical (unpaired) electrons. The lowest BCUT2D eigenvalue weighted by atomic mass is 9.85. The Morgan fingerprint density at radius 3 is 2.22 bits per heavy atom. The molecule has 228 valence electrons. The lowest BCUT2D eigenvalue weighted by Gasteiger charge is -2.38. The summed E-state index contributed by atoms with van der Waals surface area (Å²) in [6.45, 7) is 12.0. The number of rotatable bonds is 7. The van der Waals surface area contributed by atoms with E-state index in [4.69, 9.17) is 11.6 Å². The number of amides is 5. The Kier molecular flexibility index (Phi) is 7.49. The molecule has 10 nitrogen and oxygen atoms in total. The second-order valence-corrected chi connectivity index (χ2v) is 14.1. The number of nitrogens with one attached hydrogen (secondary N) is 3. The molecule has 2 aliphatic heterocycles. The van der Waals surface area contributed by atoms with Gasteiger partial charge in [-0.15, -0.1) is 0 Å². The van der Waals surface area contributed by atoms with Gasteiger partial charge in [0.1, 0.15) is 18.0 Å². The van der Waals surface area contributed by atoms with Crippen LogP contribution in [0.1, 0.15) is 54.9 Å². The predicted octanol–water partition coefficient (Wildman–Crippen LogP) is 1.88. The van der Waals surface area contributed by atoms with E-state index in [1.165, 1.54) is 4.90 Å². The first kappa shape index (κ1) is 31.1. The third kappa shape index (κ3) is 5.91. The van der Waals surface area contributed by atoms with Crippen molar-refractivity contribution in [1.82, 2.24) is 26.0 Å². The minimum absolute atomic E-state index is 0.0819. The Balaban J connectivity index is 1.58. The molecule has 1 saturated heterocycles. The van der Waals surface area contributed by atoms with Gasteiger partial charge in [0.25, 0.3) is 23.4 Å². The molecule has 2 heterocycles. The number of alkyl halides is 4. The highest BCUT2D eigenvalue weighted by molar-refractivity contribution is 6.29. The monoisotopic (exact) mass is 603 g/mol. The maximum absolute atomic E-state index is 13.9. The predicted molar refractivity (Wildman–Crippen MR) is 142 cm³/mol. The van der Waals surface area contributed by atoms with Gasteiger partial charge in [-0.05, 0) is 42.6 Å². The normalized spacial score (nSPS) is 29.9. The van der Waals surface area contributed by atoms with Gasteiger partial charge in [-0.25, -0.2) is 18.2 Å². The second-order valence-electron chi connectivity index (χ2n) is 13.8. The molecule has 3 N–H and O–H groups in total. The number of fused-ring (bicyclic) bond motifs is 1. The number of hydrazine groups is 1. The highest BCUT2D eigenvalue weighted by Crippen LogP contribution is 2.65. The quantitative estimate of drug-likeness (QED) is 0.302. The van der Waals surface area contributed by atoms with Gasteiger partial charge in [-0.2, -0.15) is 0 Å². The Morgan fingerprint density at radius 1 is 1.17 bits per heavy atom. The number of nitrogens with zero attached hydrogens (tertiary/aromatic N) is 2. The van der Waals surface area contributed by atoms with Crippen molar-refractivity contribution in [3.63, 3.8) is 0 Å². The van der Waals surface area contributed by atoms with Crippen LogP contribution in [-0.2, 0) is 24.0 Å². The van der Waals surface area contributed by atoms with Crippen LogP contribution in [0, 0.1) is 28.6 Å². The van der Waals surface area contributed by atoms with Crippen molar-refractivity contribution in [3.8, 4) is 0 Å². The molecule has 0 aromatic heterocycles. The molecule has 6 atom stereocenters. The molecular weight excluding hydrogens is 567 g/mol. The lowest BCUT2D eigenvalue weighted by molar-refractivity contribution is -0.150. The molecule has 14 heteroatoms. The highest BCUT2D eigenvalue weighted by atomic mass is 35.5. The van der Waals surface area contributed by atoms with E-state index in [1.807, 2.05) is 13.8 Å². The van der Waals surface area contributed by atoms with Crippen LogP contribution in [0.15, 0.2) is 11.6 Å². The fourth-order valence-corrected chi connectivity index (χ4v) is 6.17. The number of halogens is 4. The van der Waals surface area contributed by atoms with Gasteiger partial charge in [0, 0.05) is 18.5 Å². The third-order valence-electron chi connectivity index (χ3n) is 8.59. The van der Waals surface area contributed by atoms with Crippen molar-refractivity contribution in [1.29, 1.82) is 0 Å². The molecule has 3 fully saturated rings. The van der Waals surface area contributed by atoms with E-state index in [-0.39, 0.29) is 29.4 Å². The smallest absolute Gasteiger partial charge is 0.291 e. The van der Waals surface area contributed by atoms with E-state index < -0.39 is 83.0 Å². The van der Waals surface area contributed by atoms with E-state index in [1.54, 1.807) is 40.7 Å². The van der Waals surface area contributed by atoms with Gasteiger partial charge in [0.05, 0.1) is 12.1 Å². The summed E-state index contributed by atoms with van der Waals surface area (Å²) in [5.74, 6) is -9.20. The zero-order chi connectivity index (χ0) is 31.0. The number of carbonyl (C=O) groups is 5. The van der Waals surface area contributed by atoms with E-state index in [9.17, 15) is 37.1 Å². The van der Waals surface area contributed by atoms with Crippen LogP contribution in [-0.4, -0.2) is 81.7 Å². The van der Waals surface area contributed by atoms with Gasteiger partial charge < -0.3 is 15.5 Å². The van der Waals surface area contributed by atoms with Crippen molar-refractivity contribution in [3.05, 3.63) is 11.6 Å². The van der Waals surface area contributed by atoms with Crippen LogP contribution in [0.3, 0.4) is 0 Å². The van der Waals surface area contributed by atoms with Crippen LogP contribution >= 0.6 is 11.6 Å². The Labute approximate surface area is 241 Å². The number of piperidine rings is 1. The molecule has 2 aliphatic carbocycles. The van der Waals surface area contributed by atoms with Crippen molar-refractivity contribution in [2.24, 2.45) is 28.6 Å². The summed E-state index contributed by atoms with van der Waals surface area (Å²) in [7, 11) is 0. The standard InChI is InChI=1S/C27H37ClF3N5O5/c1-24(2,3)17(32-20(38)13-9-27(13,30)31)22(40)35-11-14-15(26(14,6)7)16(35)21(39)34-36(23(41)18(28)29)10-12-8-25(4,5)33-19(12)37/h8,13-18H,9-11H2,1-7H3,(H,32,38)(H,33,37)(H,34,39)/t13-,14-,15-,16-,17+,18-/m0/s1. The minimum Gasteiger partial charge on any atom is -0.344 e. The van der Waals surface area contributed by atoms with Crippen molar-refractivity contribution >= 4 is 41.1 Å². The highest BCUT2D eigenvalue weighted by Gasteiger charge is 2.70. The summed E-state index contributed by atoms with van der Waals surface area (Å²) in [4.78, 5) is 66.5. The lowest BCUT2D eigenvalue weighted by Crippen LogP contribution is -2.61. The second kappa shape index (κ2) is 9.88. The third-order valence-corrected chi connectivity index (χ3v) is 8.78. The molecule has 2 saturated carbocycles. The Bertz CT molecular complexity index is 1210. The van der Waals surface area contributed by atoms with Crippen LogP contribution < -0.4 is 16.1 Å². The fraction of sp³-hybridized carbons (Fsp3) is 0.741.